The smallest absolute Gasteiger partial charge is 0.0951 e. The topological polar surface area (TPSA) is 29.9 Å². The van der Waals surface area contributed by atoms with Crippen LogP contribution in [0.3, 0.4) is 0 Å². The first kappa shape index (κ1) is 12.4. The molecule has 1 aliphatic rings. The molecule has 0 fully saturated rings. The average Bonchev–Trinajstić information content (AvgIpc) is 2.93. The van der Waals surface area contributed by atoms with Crippen molar-refractivity contribution in [2.24, 2.45) is 0 Å². The van der Waals surface area contributed by atoms with Crippen LogP contribution in [0.5, 0.6) is 0 Å². The molecule has 1 heterocycles. The normalized spacial score (nSPS) is 18.3. The first-order chi connectivity index (χ1) is 9.38. The summed E-state index contributed by atoms with van der Waals surface area (Å²) in [6.07, 6.45) is 7.51. The van der Waals surface area contributed by atoms with Gasteiger partial charge in [-0.2, -0.15) is 0 Å². The molecule has 2 aromatic rings. The molecule has 0 bridgehead atoms. The van der Waals surface area contributed by atoms with Crippen LogP contribution in [0.1, 0.15) is 36.2 Å². The van der Waals surface area contributed by atoms with Crippen molar-refractivity contribution >= 4 is 0 Å². The minimum Gasteiger partial charge on any atom is -0.330 e. The maximum absolute atomic E-state index is 4.33. The van der Waals surface area contributed by atoms with Crippen LogP contribution in [0.15, 0.2) is 36.8 Å². The first-order valence-corrected chi connectivity index (χ1v) is 7.16. The summed E-state index contributed by atoms with van der Waals surface area (Å²) in [6.45, 7) is 4.05. The number of rotatable bonds is 4. The number of nitrogens with zero attached hydrogens (tertiary/aromatic N) is 2. The quantitative estimate of drug-likeness (QED) is 0.910. The van der Waals surface area contributed by atoms with Gasteiger partial charge in [-0.15, -0.1) is 0 Å². The molecule has 1 aromatic carbocycles. The molecule has 0 spiro atoms. The van der Waals surface area contributed by atoms with Gasteiger partial charge in [0.05, 0.1) is 12.0 Å². The summed E-state index contributed by atoms with van der Waals surface area (Å²) < 4.78 is 2.36. The van der Waals surface area contributed by atoms with Crippen molar-refractivity contribution in [2.45, 2.75) is 38.8 Å². The zero-order valence-corrected chi connectivity index (χ0v) is 11.5. The van der Waals surface area contributed by atoms with E-state index in [4.69, 9.17) is 0 Å². The summed E-state index contributed by atoms with van der Waals surface area (Å²) >= 11 is 0. The van der Waals surface area contributed by atoms with Crippen LogP contribution < -0.4 is 5.32 Å². The fourth-order valence-corrected chi connectivity index (χ4v) is 2.97. The molecule has 1 unspecified atom stereocenters. The molecule has 1 N–H and O–H groups in total. The van der Waals surface area contributed by atoms with Crippen LogP contribution >= 0.6 is 0 Å². The third-order valence-corrected chi connectivity index (χ3v) is 4.02. The second-order valence-corrected chi connectivity index (χ2v) is 5.24. The van der Waals surface area contributed by atoms with Crippen molar-refractivity contribution < 1.29 is 0 Å². The lowest BCUT2D eigenvalue weighted by Gasteiger charge is -2.27. The van der Waals surface area contributed by atoms with E-state index in [0.717, 1.165) is 19.5 Å². The van der Waals surface area contributed by atoms with E-state index in [9.17, 15) is 0 Å². The van der Waals surface area contributed by atoms with Crippen LogP contribution in [0.4, 0.5) is 0 Å². The summed E-state index contributed by atoms with van der Waals surface area (Å²) in [6, 6.07) is 9.38. The molecule has 1 aliphatic carbocycles. The van der Waals surface area contributed by atoms with Gasteiger partial charge >= 0.3 is 0 Å². The maximum Gasteiger partial charge on any atom is 0.0951 e. The Bertz CT molecular complexity index is 544. The zero-order chi connectivity index (χ0) is 13.1. The van der Waals surface area contributed by atoms with E-state index in [-0.39, 0.29) is 0 Å². The van der Waals surface area contributed by atoms with Gasteiger partial charge < -0.3 is 9.88 Å². The van der Waals surface area contributed by atoms with E-state index in [0.29, 0.717) is 6.04 Å². The van der Waals surface area contributed by atoms with Gasteiger partial charge in [0, 0.05) is 18.8 Å². The highest BCUT2D eigenvalue weighted by molar-refractivity contribution is 5.30. The Morgan fingerprint density at radius 2 is 2.16 bits per heavy atom. The Morgan fingerprint density at radius 1 is 1.32 bits per heavy atom. The number of nitrogens with one attached hydrogen (secondary N) is 1. The summed E-state index contributed by atoms with van der Waals surface area (Å²) in [4.78, 5) is 4.33. The molecular formula is C16H21N3. The van der Waals surface area contributed by atoms with Crippen molar-refractivity contribution in [3.05, 3.63) is 53.6 Å². The minimum absolute atomic E-state index is 0.561. The van der Waals surface area contributed by atoms with Crippen molar-refractivity contribution in [1.29, 1.82) is 0 Å². The Labute approximate surface area is 114 Å². The lowest BCUT2D eigenvalue weighted by Crippen LogP contribution is -2.22. The summed E-state index contributed by atoms with van der Waals surface area (Å²) in [5.74, 6) is 0. The number of aryl methyl sites for hydroxylation is 1. The molecule has 3 rings (SSSR count). The number of imidazole rings is 1. The summed E-state index contributed by atoms with van der Waals surface area (Å²) in [7, 11) is 0. The molecule has 19 heavy (non-hydrogen) atoms. The summed E-state index contributed by atoms with van der Waals surface area (Å²) in [5.41, 5.74) is 4.32. The van der Waals surface area contributed by atoms with Crippen molar-refractivity contribution in [3.8, 4) is 0 Å². The van der Waals surface area contributed by atoms with Gasteiger partial charge in [0.25, 0.3) is 0 Å². The zero-order valence-electron chi connectivity index (χ0n) is 11.5. The van der Waals surface area contributed by atoms with Crippen molar-refractivity contribution in [1.82, 2.24) is 14.9 Å². The van der Waals surface area contributed by atoms with Crippen LogP contribution in [0, 0.1) is 0 Å². The lowest BCUT2D eigenvalue weighted by molar-refractivity contribution is 0.426. The Morgan fingerprint density at radius 3 is 3.00 bits per heavy atom. The van der Waals surface area contributed by atoms with Crippen LogP contribution in [-0.4, -0.2) is 16.1 Å². The standard InChI is InChI=1S/C16H21N3/c1-2-17-10-16-11-18-12-19(16)15-8-7-13-5-3-4-6-14(13)9-15/h3-6,11-12,15,17H,2,7-10H2,1H3. The van der Waals surface area contributed by atoms with E-state index < -0.39 is 0 Å². The number of hydrogen-bond acceptors (Lipinski definition) is 2. The van der Waals surface area contributed by atoms with Gasteiger partial charge in [0.2, 0.25) is 0 Å². The van der Waals surface area contributed by atoms with E-state index in [1.54, 1.807) is 0 Å². The van der Waals surface area contributed by atoms with E-state index in [1.807, 2.05) is 12.5 Å². The fraction of sp³-hybridized carbons (Fsp3) is 0.438. The number of fused-ring (bicyclic) bond motifs is 1. The Kier molecular flexibility index (Phi) is 3.65. The predicted molar refractivity (Wildman–Crippen MR) is 77.1 cm³/mol. The number of aromatic nitrogens is 2. The molecule has 100 valence electrons. The number of hydrogen-bond donors (Lipinski definition) is 1. The molecule has 0 amide bonds. The van der Waals surface area contributed by atoms with E-state index in [1.165, 1.54) is 29.7 Å². The van der Waals surface area contributed by atoms with Gasteiger partial charge in [0.1, 0.15) is 0 Å². The molecule has 0 radical (unpaired) electrons. The van der Waals surface area contributed by atoms with E-state index >= 15 is 0 Å². The predicted octanol–water partition coefficient (Wildman–Crippen LogP) is 2.72. The Hall–Kier alpha value is -1.61. The highest BCUT2D eigenvalue weighted by Gasteiger charge is 2.20. The largest absolute Gasteiger partial charge is 0.330 e. The second-order valence-electron chi connectivity index (χ2n) is 5.24. The second kappa shape index (κ2) is 5.57. The van der Waals surface area contributed by atoms with E-state index in [2.05, 4.69) is 46.1 Å². The van der Waals surface area contributed by atoms with Gasteiger partial charge in [-0.3, -0.25) is 0 Å². The van der Waals surface area contributed by atoms with Gasteiger partial charge in [-0.25, -0.2) is 4.98 Å². The van der Waals surface area contributed by atoms with Gasteiger partial charge in [-0.05, 0) is 36.9 Å². The molecule has 3 heteroatoms. The SMILES string of the molecule is CCNCc1cncn1C1CCc2ccccc2C1. The summed E-state index contributed by atoms with van der Waals surface area (Å²) in [5, 5.41) is 3.39. The monoisotopic (exact) mass is 255 g/mol. The maximum atomic E-state index is 4.33. The molecule has 1 aromatic heterocycles. The third-order valence-electron chi connectivity index (χ3n) is 4.02. The first-order valence-electron chi connectivity index (χ1n) is 7.16. The number of benzene rings is 1. The molecule has 0 saturated carbocycles. The highest BCUT2D eigenvalue weighted by Crippen LogP contribution is 2.29. The third kappa shape index (κ3) is 2.56. The molecular weight excluding hydrogens is 234 g/mol. The fourth-order valence-electron chi connectivity index (χ4n) is 2.97. The highest BCUT2D eigenvalue weighted by atomic mass is 15.1. The average molecular weight is 255 g/mol. The lowest BCUT2D eigenvalue weighted by atomic mass is 9.88. The molecule has 0 saturated heterocycles. The molecule has 1 atom stereocenters. The van der Waals surface area contributed by atoms with Crippen molar-refractivity contribution in [3.63, 3.8) is 0 Å². The Balaban J connectivity index is 1.79. The minimum atomic E-state index is 0.561. The van der Waals surface area contributed by atoms with Crippen LogP contribution in [-0.2, 0) is 19.4 Å². The van der Waals surface area contributed by atoms with Crippen LogP contribution in [0.2, 0.25) is 0 Å². The van der Waals surface area contributed by atoms with Gasteiger partial charge in [-0.1, -0.05) is 31.2 Å². The van der Waals surface area contributed by atoms with Crippen molar-refractivity contribution in [2.75, 3.05) is 6.54 Å². The van der Waals surface area contributed by atoms with Gasteiger partial charge in [0.15, 0.2) is 0 Å². The molecule has 3 nitrogen and oxygen atoms in total. The molecule has 0 aliphatic heterocycles. The van der Waals surface area contributed by atoms with Crippen LogP contribution in [0.25, 0.3) is 0 Å².